The van der Waals surface area contributed by atoms with Gasteiger partial charge in [-0.2, -0.15) is 0 Å². The molecule has 3 heteroatoms. The SMILES string of the molecule is CCNC(Cc1cccc(C)c1)c1ccc(OC)cc1F. The van der Waals surface area contributed by atoms with Crippen LogP contribution in [0, 0.1) is 12.7 Å². The number of aryl methyl sites for hydroxylation is 1. The number of ether oxygens (including phenoxy) is 1. The standard InChI is InChI=1S/C18H22FNO/c1-4-20-18(11-14-7-5-6-13(2)10-14)16-9-8-15(21-3)12-17(16)19/h5-10,12,18,20H,4,11H2,1-3H3. The maximum Gasteiger partial charge on any atom is 0.131 e. The Morgan fingerprint density at radius 1 is 1.19 bits per heavy atom. The minimum absolute atomic E-state index is 0.0392. The first kappa shape index (κ1) is 15.5. The highest BCUT2D eigenvalue weighted by Gasteiger charge is 2.16. The van der Waals surface area contributed by atoms with E-state index >= 15 is 0 Å². The van der Waals surface area contributed by atoms with E-state index in [2.05, 4.69) is 30.4 Å². The largest absolute Gasteiger partial charge is 0.497 e. The number of benzene rings is 2. The Morgan fingerprint density at radius 2 is 2.00 bits per heavy atom. The van der Waals surface area contributed by atoms with Gasteiger partial charge in [-0.3, -0.25) is 0 Å². The molecule has 0 heterocycles. The average molecular weight is 287 g/mol. The monoisotopic (exact) mass is 287 g/mol. The summed E-state index contributed by atoms with van der Waals surface area (Å²) in [6.07, 6.45) is 0.763. The zero-order valence-electron chi connectivity index (χ0n) is 12.8. The minimum atomic E-state index is -0.229. The maximum atomic E-state index is 14.3. The molecule has 0 saturated heterocycles. The van der Waals surface area contributed by atoms with E-state index in [1.54, 1.807) is 19.2 Å². The maximum absolute atomic E-state index is 14.3. The Morgan fingerprint density at radius 3 is 2.62 bits per heavy atom. The predicted molar refractivity (Wildman–Crippen MR) is 84.3 cm³/mol. The predicted octanol–water partition coefficient (Wildman–Crippen LogP) is 4.04. The van der Waals surface area contributed by atoms with E-state index < -0.39 is 0 Å². The van der Waals surface area contributed by atoms with Gasteiger partial charge in [0, 0.05) is 17.7 Å². The molecule has 0 aromatic heterocycles. The van der Waals surface area contributed by atoms with Crippen LogP contribution in [-0.4, -0.2) is 13.7 Å². The number of hydrogen-bond donors (Lipinski definition) is 1. The summed E-state index contributed by atoms with van der Waals surface area (Å²) < 4.78 is 19.3. The molecular formula is C18H22FNO. The zero-order chi connectivity index (χ0) is 15.2. The van der Waals surface area contributed by atoms with Crippen molar-refractivity contribution in [1.82, 2.24) is 5.32 Å². The van der Waals surface area contributed by atoms with Crippen molar-refractivity contribution in [2.45, 2.75) is 26.3 Å². The van der Waals surface area contributed by atoms with Crippen molar-refractivity contribution in [1.29, 1.82) is 0 Å². The number of methoxy groups -OCH3 is 1. The molecular weight excluding hydrogens is 265 g/mol. The summed E-state index contributed by atoms with van der Waals surface area (Å²) in [5.74, 6) is 0.315. The van der Waals surface area contributed by atoms with Gasteiger partial charge in [-0.05, 0) is 31.5 Å². The molecule has 2 nitrogen and oxygen atoms in total. The Labute approximate surface area is 126 Å². The quantitative estimate of drug-likeness (QED) is 0.866. The van der Waals surface area contributed by atoms with Crippen molar-refractivity contribution >= 4 is 0 Å². The smallest absolute Gasteiger partial charge is 0.131 e. The Bertz CT molecular complexity index is 598. The van der Waals surface area contributed by atoms with Crippen LogP contribution in [0.4, 0.5) is 4.39 Å². The number of rotatable bonds is 6. The number of likely N-dealkylation sites (N-methyl/N-ethyl adjacent to an activating group) is 1. The normalized spacial score (nSPS) is 12.2. The Kier molecular flexibility index (Phi) is 5.34. The lowest BCUT2D eigenvalue weighted by Crippen LogP contribution is -2.24. The molecule has 0 spiro atoms. The van der Waals surface area contributed by atoms with Crippen LogP contribution in [0.3, 0.4) is 0 Å². The second-order valence-corrected chi connectivity index (χ2v) is 5.19. The number of halogens is 1. The second kappa shape index (κ2) is 7.23. The molecule has 0 amide bonds. The molecule has 2 aromatic rings. The third-order valence-electron chi connectivity index (χ3n) is 3.56. The van der Waals surface area contributed by atoms with E-state index in [0.29, 0.717) is 11.3 Å². The molecule has 1 N–H and O–H groups in total. The van der Waals surface area contributed by atoms with Crippen LogP contribution in [0.1, 0.15) is 29.7 Å². The summed E-state index contributed by atoms with van der Waals surface area (Å²) in [6.45, 7) is 4.90. The van der Waals surface area contributed by atoms with Crippen molar-refractivity contribution in [3.8, 4) is 5.75 Å². The summed E-state index contributed by atoms with van der Waals surface area (Å²) >= 11 is 0. The Balaban J connectivity index is 2.26. The van der Waals surface area contributed by atoms with E-state index in [4.69, 9.17) is 4.74 Å². The number of hydrogen-bond acceptors (Lipinski definition) is 2. The van der Waals surface area contributed by atoms with E-state index in [1.165, 1.54) is 17.2 Å². The highest BCUT2D eigenvalue weighted by atomic mass is 19.1. The molecule has 112 valence electrons. The molecule has 0 bridgehead atoms. The molecule has 0 aliphatic rings. The van der Waals surface area contributed by atoms with Crippen molar-refractivity contribution in [3.63, 3.8) is 0 Å². The number of nitrogens with one attached hydrogen (secondary N) is 1. The highest BCUT2D eigenvalue weighted by molar-refractivity contribution is 5.32. The summed E-state index contributed by atoms with van der Waals surface area (Å²) in [6, 6.07) is 13.3. The zero-order valence-corrected chi connectivity index (χ0v) is 12.8. The van der Waals surface area contributed by atoms with Crippen LogP contribution in [0.25, 0.3) is 0 Å². The molecule has 1 unspecified atom stereocenters. The lowest BCUT2D eigenvalue weighted by molar-refractivity contribution is 0.409. The fourth-order valence-electron chi connectivity index (χ4n) is 2.53. The Hall–Kier alpha value is -1.87. The van der Waals surface area contributed by atoms with Gasteiger partial charge in [0.25, 0.3) is 0 Å². The van der Waals surface area contributed by atoms with Crippen molar-refractivity contribution in [3.05, 3.63) is 65.0 Å². The van der Waals surface area contributed by atoms with Gasteiger partial charge >= 0.3 is 0 Å². The van der Waals surface area contributed by atoms with E-state index in [1.807, 2.05) is 13.0 Å². The average Bonchev–Trinajstić information content (AvgIpc) is 2.47. The van der Waals surface area contributed by atoms with E-state index in [0.717, 1.165) is 13.0 Å². The lowest BCUT2D eigenvalue weighted by atomic mass is 9.97. The first-order valence-electron chi connectivity index (χ1n) is 7.26. The molecule has 0 fully saturated rings. The van der Waals surface area contributed by atoms with Gasteiger partial charge in [0.05, 0.1) is 7.11 Å². The van der Waals surface area contributed by atoms with Crippen LogP contribution in [0.5, 0.6) is 5.75 Å². The fourth-order valence-corrected chi connectivity index (χ4v) is 2.53. The van der Waals surface area contributed by atoms with Gasteiger partial charge in [-0.1, -0.05) is 42.8 Å². The topological polar surface area (TPSA) is 21.3 Å². The molecule has 1 atom stereocenters. The summed E-state index contributed by atoms with van der Waals surface area (Å²) in [7, 11) is 1.54. The summed E-state index contributed by atoms with van der Waals surface area (Å²) in [5, 5.41) is 3.36. The first-order valence-corrected chi connectivity index (χ1v) is 7.26. The third-order valence-corrected chi connectivity index (χ3v) is 3.56. The van der Waals surface area contributed by atoms with Gasteiger partial charge in [-0.25, -0.2) is 4.39 Å². The van der Waals surface area contributed by atoms with Crippen LogP contribution in [0.15, 0.2) is 42.5 Å². The molecule has 2 rings (SSSR count). The van der Waals surface area contributed by atoms with Crippen molar-refractivity contribution in [2.24, 2.45) is 0 Å². The lowest BCUT2D eigenvalue weighted by Gasteiger charge is -2.20. The van der Waals surface area contributed by atoms with Crippen LogP contribution in [-0.2, 0) is 6.42 Å². The molecule has 0 aliphatic heterocycles. The third kappa shape index (κ3) is 4.05. The van der Waals surface area contributed by atoms with Gasteiger partial charge in [0.1, 0.15) is 11.6 Å². The van der Waals surface area contributed by atoms with Gasteiger partial charge in [-0.15, -0.1) is 0 Å². The summed E-state index contributed by atoms with van der Waals surface area (Å²) in [5.41, 5.74) is 3.10. The molecule has 2 aromatic carbocycles. The van der Waals surface area contributed by atoms with E-state index in [-0.39, 0.29) is 11.9 Å². The fraction of sp³-hybridized carbons (Fsp3) is 0.333. The highest BCUT2D eigenvalue weighted by Crippen LogP contribution is 2.25. The first-order chi connectivity index (χ1) is 10.1. The van der Waals surface area contributed by atoms with Crippen molar-refractivity contribution < 1.29 is 9.13 Å². The molecule has 0 aliphatic carbocycles. The van der Waals surface area contributed by atoms with E-state index in [9.17, 15) is 4.39 Å². The van der Waals surface area contributed by atoms with Crippen LogP contribution >= 0.6 is 0 Å². The minimum Gasteiger partial charge on any atom is -0.497 e. The summed E-state index contributed by atoms with van der Waals surface area (Å²) in [4.78, 5) is 0. The van der Waals surface area contributed by atoms with Crippen LogP contribution in [0.2, 0.25) is 0 Å². The molecule has 0 saturated carbocycles. The second-order valence-electron chi connectivity index (χ2n) is 5.19. The molecule has 0 radical (unpaired) electrons. The molecule has 21 heavy (non-hydrogen) atoms. The van der Waals surface area contributed by atoms with Crippen molar-refractivity contribution in [2.75, 3.05) is 13.7 Å². The van der Waals surface area contributed by atoms with Gasteiger partial charge in [0.2, 0.25) is 0 Å². The van der Waals surface area contributed by atoms with Gasteiger partial charge in [0.15, 0.2) is 0 Å². The van der Waals surface area contributed by atoms with Gasteiger partial charge < -0.3 is 10.1 Å². The van der Waals surface area contributed by atoms with Crippen LogP contribution < -0.4 is 10.1 Å².